The number of halogens is 1. The lowest BCUT2D eigenvalue weighted by molar-refractivity contribution is 0.0736. The highest BCUT2D eigenvalue weighted by Gasteiger charge is 2.35. The molecular formula is C21H27ClN4O. The van der Waals surface area contributed by atoms with Gasteiger partial charge in [0.25, 0.3) is 5.91 Å². The third-order valence-corrected chi connectivity index (χ3v) is 6.21. The van der Waals surface area contributed by atoms with Gasteiger partial charge in [0.1, 0.15) is 0 Å². The summed E-state index contributed by atoms with van der Waals surface area (Å²) in [6.07, 6.45) is 6.29. The number of nitrogens with zero attached hydrogens (tertiary/aromatic N) is 3. The minimum Gasteiger partial charge on any atom is -0.334 e. The molecule has 2 N–H and O–H groups in total. The van der Waals surface area contributed by atoms with E-state index in [0.29, 0.717) is 23.2 Å². The Morgan fingerprint density at radius 1 is 1.22 bits per heavy atom. The Kier molecular flexibility index (Phi) is 5.24. The Hall–Kier alpha value is -1.85. The van der Waals surface area contributed by atoms with Crippen LogP contribution in [0.4, 0.5) is 0 Å². The molecule has 1 aliphatic carbocycles. The van der Waals surface area contributed by atoms with Crippen LogP contribution in [0.2, 0.25) is 5.02 Å². The molecule has 1 fully saturated rings. The zero-order valence-electron chi connectivity index (χ0n) is 15.8. The Bertz CT molecular complexity index is 829. The summed E-state index contributed by atoms with van der Waals surface area (Å²) in [5.74, 6) is 0.449. The maximum atomic E-state index is 13.4. The quantitative estimate of drug-likeness (QED) is 0.819. The summed E-state index contributed by atoms with van der Waals surface area (Å²) >= 11 is 6.05. The van der Waals surface area contributed by atoms with Crippen molar-refractivity contribution in [3.05, 3.63) is 46.2 Å². The number of hydrogen-bond acceptors (Lipinski definition) is 3. The van der Waals surface area contributed by atoms with Crippen molar-refractivity contribution in [3.63, 3.8) is 0 Å². The molecule has 1 aromatic carbocycles. The van der Waals surface area contributed by atoms with Crippen molar-refractivity contribution in [2.45, 2.75) is 51.5 Å². The zero-order valence-corrected chi connectivity index (χ0v) is 16.6. The molecule has 1 aliphatic heterocycles. The third-order valence-electron chi connectivity index (χ3n) is 5.96. The predicted molar refractivity (Wildman–Crippen MR) is 107 cm³/mol. The van der Waals surface area contributed by atoms with Crippen molar-refractivity contribution in [2.24, 2.45) is 11.7 Å². The van der Waals surface area contributed by atoms with E-state index in [0.717, 1.165) is 49.9 Å². The molecule has 1 amide bonds. The van der Waals surface area contributed by atoms with Gasteiger partial charge in [-0.15, -0.1) is 0 Å². The fourth-order valence-corrected chi connectivity index (χ4v) is 4.60. The highest BCUT2D eigenvalue weighted by molar-refractivity contribution is 6.30. The van der Waals surface area contributed by atoms with E-state index in [1.165, 1.54) is 12.1 Å². The van der Waals surface area contributed by atoms with E-state index < -0.39 is 0 Å². The van der Waals surface area contributed by atoms with Gasteiger partial charge < -0.3 is 10.6 Å². The standard InChI is InChI=1S/C21H27ClN4O/c1-14-11-15(12-23)13-25(14)21(27)20-18-5-3-2-4-6-19(18)26(24-20)17-9-7-16(22)8-10-17/h7-10,14-15H,2-6,11-13,23H2,1H3. The van der Waals surface area contributed by atoms with Crippen LogP contribution < -0.4 is 5.73 Å². The molecule has 144 valence electrons. The Morgan fingerprint density at radius 3 is 2.67 bits per heavy atom. The highest BCUT2D eigenvalue weighted by atomic mass is 35.5. The van der Waals surface area contributed by atoms with Crippen LogP contribution >= 0.6 is 11.6 Å². The first-order chi connectivity index (χ1) is 13.1. The van der Waals surface area contributed by atoms with Gasteiger partial charge in [-0.1, -0.05) is 18.0 Å². The van der Waals surface area contributed by atoms with Crippen molar-refractivity contribution >= 4 is 17.5 Å². The highest BCUT2D eigenvalue weighted by Crippen LogP contribution is 2.30. The first kappa shape index (κ1) is 18.5. The molecule has 0 spiro atoms. The molecular weight excluding hydrogens is 360 g/mol. The first-order valence-electron chi connectivity index (χ1n) is 9.96. The number of carbonyl (C=O) groups is 1. The van der Waals surface area contributed by atoms with Crippen LogP contribution in [0.5, 0.6) is 0 Å². The molecule has 4 rings (SSSR count). The van der Waals surface area contributed by atoms with Gasteiger partial charge in [-0.3, -0.25) is 4.79 Å². The SMILES string of the molecule is CC1CC(CN)CN1C(=O)c1nn(-c2ccc(Cl)cc2)c2c1CCCCC2. The molecule has 2 aliphatic rings. The van der Waals surface area contributed by atoms with Gasteiger partial charge in [0.05, 0.1) is 5.69 Å². The second-order valence-electron chi connectivity index (χ2n) is 7.87. The lowest BCUT2D eigenvalue weighted by Gasteiger charge is -2.21. The average Bonchev–Trinajstić information content (AvgIpc) is 3.13. The number of rotatable bonds is 3. The van der Waals surface area contributed by atoms with Gasteiger partial charge in [0.2, 0.25) is 0 Å². The average molecular weight is 387 g/mol. The summed E-state index contributed by atoms with van der Waals surface area (Å²) in [6.45, 7) is 3.48. The van der Waals surface area contributed by atoms with Gasteiger partial charge in [0, 0.05) is 28.9 Å². The van der Waals surface area contributed by atoms with Crippen molar-refractivity contribution in [1.29, 1.82) is 0 Å². The van der Waals surface area contributed by atoms with Crippen molar-refractivity contribution in [2.75, 3.05) is 13.1 Å². The second-order valence-corrected chi connectivity index (χ2v) is 8.30. The number of nitrogens with two attached hydrogens (primary N) is 1. The van der Waals surface area contributed by atoms with E-state index in [-0.39, 0.29) is 11.9 Å². The molecule has 0 bridgehead atoms. The maximum Gasteiger partial charge on any atom is 0.274 e. The van der Waals surface area contributed by atoms with Crippen LogP contribution in [-0.4, -0.2) is 39.7 Å². The topological polar surface area (TPSA) is 64.2 Å². The molecule has 0 radical (unpaired) electrons. The number of carbonyl (C=O) groups excluding carboxylic acids is 1. The van der Waals surface area contributed by atoms with E-state index >= 15 is 0 Å². The maximum absolute atomic E-state index is 13.4. The lowest BCUT2D eigenvalue weighted by Crippen LogP contribution is -2.35. The zero-order chi connectivity index (χ0) is 19.0. The van der Waals surface area contributed by atoms with Crippen LogP contribution in [0.1, 0.15) is 54.4 Å². The number of hydrogen-bond donors (Lipinski definition) is 1. The van der Waals surface area contributed by atoms with Crippen LogP contribution in [0.15, 0.2) is 24.3 Å². The number of aromatic nitrogens is 2. The van der Waals surface area contributed by atoms with Crippen LogP contribution in [0.25, 0.3) is 5.69 Å². The predicted octanol–water partition coefficient (Wildman–Crippen LogP) is 3.60. The Labute approximate surface area is 165 Å². The summed E-state index contributed by atoms with van der Waals surface area (Å²) in [5.41, 5.74) is 9.76. The van der Waals surface area contributed by atoms with E-state index in [2.05, 4.69) is 6.92 Å². The van der Waals surface area contributed by atoms with Gasteiger partial charge in [0.15, 0.2) is 5.69 Å². The number of benzene rings is 1. The minimum absolute atomic E-state index is 0.0595. The molecule has 0 saturated carbocycles. The Morgan fingerprint density at radius 2 is 1.96 bits per heavy atom. The summed E-state index contributed by atoms with van der Waals surface area (Å²) in [7, 11) is 0. The molecule has 6 heteroatoms. The number of amides is 1. The molecule has 2 atom stereocenters. The van der Waals surface area contributed by atoms with Gasteiger partial charge >= 0.3 is 0 Å². The lowest BCUT2D eigenvalue weighted by atomic mass is 10.1. The van der Waals surface area contributed by atoms with Crippen molar-refractivity contribution < 1.29 is 4.79 Å². The van der Waals surface area contributed by atoms with Crippen molar-refractivity contribution in [3.8, 4) is 5.69 Å². The molecule has 27 heavy (non-hydrogen) atoms. The van der Waals surface area contributed by atoms with E-state index in [4.69, 9.17) is 22.4 Å². The molecule has 2 unspecified atom stereocenters. The van der Waals surface area contributed by atoms with Gasteiger partial charge in [-0.25, -0.2) is 4.68 Å². The fourth-order valence-electron chi connectivity index (χ4n) is 4.48. The third kappa shape index (κ3) is 3.50. The molecule has 1 aromatic heterocycles. The van der Waals surface area contributed by atoms with Crippen LogP contribution in [0.3, 0.4) is 0 Å². The fraction of sp³-hybridized carbons (Fsp3) is 0.524. The smallest absolute Gasteiger partial charge is 0.274 e. The van der Waals surface area contributed by atoms with Crippen LogP contribution in [0, 0.1) is 5.92 Å². The van der Waals surface area contributed by atoms with E-state index in [1.807, 2.05) is 33.8 Å². The number of fused-ring (bicyclic) bond motifs is 1. The normalized spacial score (nSPS) is 22.6. The van der Waals surface area contributed by atoms with E-state index in [1.54, 1.807) is 0 Å². The second kappa shape index (κ2) is 7.64. The summed E-state index contributed by atoms with van der Waals surface area (Å²) in [4.78, 5) is 15.4. The molecule has 5 nitrogen and oxygen atoms in total. The molecule has 2 aromatic rings. The summed E-state index contributed by atoms with van der Waals surface area (Å²) < 4.78 is 1.96. The minimum atomic E-state index is 0.0595. The summed E-state index contributed by atoms with van der Waals surface area (Å²) in [5, 5.41) is 5.52. The van der Waals surface area contributed by atoms with Crippen LogP contribution in [-0.2, 0) is 12.8 Å². The van der Waals surface area contributed by atoms with Gasteiger partial charge in [-0.2, -0.15) is 5.10 Å². The van der Waals surface area contributed by atoms with E-state index in [9.17, 15) is 4.79 Å². The molecule has 2 heterocycles. The first-order valence-corrected chi connectivity index (χ1v) is 10.3. The Balaban J connectivity index is 1.74. The van der Waals surface area contributed by atoms with Gasteiger partial charge in [-0.05, 0) is 75.8 Å². The summed E-state index contributed by atoms with van der Waals surface area (Å²) in [6, 6.07) is 7.90. The molecule has 1 saturated heterocycles. The monoisotopic (exact) mass is 386 g/mol. The largest absolute Gasteiger partial charge is 0.334 e. The van der Waals surface area contributed by atoms with Crippen molar-refractivity contribution in [1.82, 2.24) is 14.7 Å². The number of likely N-dealkylation sites (tertiary alicyclic amines) is 1.